The standard InChI is InChI=1S/C18H36O4.C5H14NO/c1-2-3-4-5-7-10-13-16(19)17(20)14-11-8-6-9-12-15-18(21)22;1-6(2,3)4-5-7/h16-17,19-20H,2-15H2,1H3,(H,21,22);7H,4-5H2,1-3H3/q;+1/p-1. The van der Waals surface area contributed by atoms with Crippen LogP contribution in [0.3, 0.4) is 0 Å². The number of hydrogen-bond acceptors (Lipinski definition) is 5. The highest BCUT2D eigenvalue weighted by Crippen LogP contribution is 2.15. The van der Waals surface area contributed by atoms with Crippen LogP contribution in [0.2, 0.25) is 0 Å². The molecule has 0 aromatic heterocycles. The van der Waals surface area contributed by atoms with Crippen LogP contribution in [0.4, 0.5) is 0 Å². The molecule has 176 valence electrons. The largest absolute Gasteiger partial charge is 0.550 e. The molecular weight excluding hydrogens is 370 g/mol. The Hall–Kier alpha value is -0.690. The molecular formula is C23H49NO5. The van der Waals surface area contributed by atoms with Gasteiger partial charge in [-0.15, -0.1) is 0 Å². The summed E-state index contributed by atoms with van der Waals surface area (Å²) in [6.07, 6.45) is 11.8. The van der Waals surface area contributed by atoms with E-state index >= 15 is 0 Å². The van der Waals surface area contributed by atoms with Crippen molar-refractivity contribution >= 4 is 5.97 Å². The van der Waals surface area contributed by atoms with Gasteiger partial charge in [-0.25, -0.2) is 0 Å². The first-order chi connectivity index (χ1) is 13.6. The Labute approximate surface area is 179 Å². The number of carbonyl (C=O) groups is 1. The lowest BCUT2D eigenvalue weighted by atomic mass is 9.99. The third-order valence-corrected chi connectivity index (χ3v) is 4.95. The summed E-state index contributed by atoms with van der Waals surface area (Å²) in [6.45, 7) is 3.31. The molecule has 0 aliphatic carbocycles. The quantitative estimate of drug-likeness (QED) is 0.234. The maximum Gasteiger partial charge on any atom is 0.101 e. The van der Waals surface area contributed by atoms with E-state index in [0.717, 1.165) is 49.6 Å². The van der Waals surface area contributed by atoms with Gasteiger partial charge in [0.25, 0.3) is 0 Å². The minimum atomic E-state index is -0.978. The average Bonchev–Trinajstić information content (AvgIpc) is 2.62. The molecule has 0 saturated carbocycles. The maximum absolute atomic E-state index is 10.2. The van der Waals surface area contributed by atoms with Crippen molar-refractivity contribution in [3.05, 3.63) is 0 Å². The molecule has 29 heavy (non-hydrogen) atoms. The monoisotopic (exact) mass is 419 g/mol. The number of likely N-dealkylation sites (N-methyl/N-ethyl adjacent to an activating group) is 1. The van der Waals surface area contributed by atoms with E-state index in [2.05, 4.69) is 28.1 Å². The van der Waals surface area contributed by atoms with Gasteiger partial charge in [-0.3, -0.25) is 0 Å². The zero-order chi connectivity index (χ0) is 22.5. The van der Waals surface area contributed by atoms with Gasteiger partial charge in [0.05, 0.1) is 40.0 Å². The summed E-state index contributed by atoms with van der Waals surface area (Å²) in [6, 6.07) is 0. The number of unbranched alkanes of at least 4 members (excludes halogenated alkanes) is 9. The molecule has 0 saturated heterocycles. The first-order valence-electron chi connectivity index (χ1n) is 11.6. The van der Waals surface area contributed by atoms with E-state index in [1.165, 1.54) is 25.7 Å². The highest BCUT2D eigenvalue weighted by atomic mass is 16.4. The molecule has 0 fully saturated rings. The molecule has 0 aromatic rings. The molecule has 0 spiro atoms. The zero-order valence-corrected chi connectivity index (χ0v) is 19.6. The molecule has 0 rings (SSSR count). The predicted octanol–water partition coefficient (Wildman–Crippen LogP) is 2.62. The molecule has 2 atom stereocenters. The molecule has 6 nitrogen and oxygen atoms in total. The van der Waals surface area contributed by atoms with Crippen molar-refractivity contribution in [2.45, 2.75) is 109 Å². The number of carboxylic acid groups (broad SMARTS) is 1. The summed E-state index contributed by atoms with van der Waals surface area (Å²) in [7, 11) is 6.16. The minimum Gasteiger partial charge on any atom is -0.550 e. The third kappa shape index (κ3) is 27.3. The fraction of sp³-hybridized carbons (Fsp3) is 0.957. The van der Waals surface area contributed by atoms with Crippen molar-refractivity contribution < 1.29 is 29.7 Å². The van der Waals surface area contributed by atoms with Crippen LogP contribution >= 0.6 is 0 Å². The average molecular weight is 420 g/mol. The number of aliphatic hydroxyl groups is 3. The van der Waals surface area contributed by atoms with E-state index < -0.39 is 18.2 Å². The minimum absolute atomic E-state index is 0.138. The lowest BCUT2D eigenvalue weighted by molar-refractivity contribution is -0.870. The molecule has 0 aliphatic heterocycles. The Morgan fingerprint density at radius 3 is 1.55 bits per heavy atom. The highest BCUT2D eigenvalue weighted by Gasteiger charge is 2.15. The second-order valence-corrected chi connectivity index (χ2v) is 9.11. The number of aliphatic carboxylic acids is 1. The Morgan fingerprint density at radius 2 is 1.21 bits per heavy atom. The van der Waals surface area contributed by atoms with Gasteiger partial charge in [-0.2, -0.15) is 0 Å². The van der Waals surface area contributed by atoms with Gasteiger partial charge in [0, 0.05) is 5.97 Å². The Bertz CT molecular complexity index is 358. The van der Waals surface area contributed by atoms with E-state index in [1.807, 2.05) is 0 Å². The Morgan fingerprint density at radius 1 is 0.793 bits per heavy atom. The van der Waals surface area contributed by atoms with Crippen molar-refractivity contribution in [2.24, 2.45) is 0 Å². The van der Waals surface area contributed by atoms with Crippen molar-refractivity contribution in [2.75, 3.05) is 34.3 Å². The molecule has 3 N–H and O–H groups in total. The van der Waals surface area contributed by atoms with Gasteiger partial charge >= 0.3 is 0 Å². The van der Waals surface area contributed by atoms with Crippen LogP contribution in [0.5, 0.6) is 0 Å². The smallest absolute Gasteiger partial charge is 0.101 e. The van der Waals surface area contributed by atoms with Crippen LogP contribution in [0, 0.1) is 0 Å². The fourth-order valence-corrected chi connectivity index (χ4v) is 2.97. The predicted molar refractivity (Wildman–Crippen MR) is 117 cm³/mol. The first kappa shape index (κ1) is 30.5. The second-order valence-electron chi connectivity index (χ2n) is 9.11. The van der Waals surface area contributed by atoms with Gasteiger partial charge in [0.15, 0.2) is 0 Å². The van der Waals surface area contributed by atoms with E-state index in [9.17, 15) is 20.1 Å². The van der Waals surface area contributed by atoms with Crippen molar-refractivity contribution in [3.63, 3.8) is 0 Å². The summed E-state index contributed by atoms with van der Waals surface area (Å²) < 4.78 is 0.844. The molecule has 0 heterocycles. The lowest BCUT2D eigenvalue weighted by Gasteiger charge is -2.21. The van der Waals surface area contributed by atoms with Gasteiger partial charge < -0.3 is 29.7 Å². The van der Waals surface area contributed by atoms with E-state index in [0.29, 0.717) is 19.3 Å². The lowest BCUT2D eigenvalue weighted by Crippen LogP contribution is -2.36. The van der Waals surface area contributed by atoms with Crippen LogP contribution in [0.1, 0.15) is 96.8 Å². The summed E-state index contributed by atoms with van der Waals surface area (Å²) in [5.74, 6) is -0.978. The number of carbonyl (C=O) groups excluding carboxylic acids is 1. The number of quaternary nitrogens is 1. The Kier molecular flexibility index (Phi) is 21.6. The maximum atomic E-state index is 10.2. The zero-order valence-electron chi connectivity index (χ0n) is 19.6. The summed E-state index contributed by atoms with van der Waals surface area (Å²) in [5, 5.41) is 38.4. The molecule has 0 radical (unpaired) electrons. The molecule has 6 heteroatoms. The Balaban J connectivity index is 0. The van der Waals surface area contributed by atoms with E-state index in [4.69, 9.17) is 5.11 Å². The third-order valence-electron chi connectivity index (χ3n) is 4.95. The highest BCUT2D eigenvalue weighted by molar-refractivity contribution is 5.63. The number of rotatable bonds is 18. The van der Waals surface area contributed by atoms with Gasteiger partial charge in [-0.1, -0.05) is 71.1 Å². The van der Waals surface area contributed by atoms with Crippen molar-refractivity contribution in [3.8, 4) is 0 Å². The van der Waals surface area contributed by atoms with Crippen molar-refractivity contribution in [1.29, 1.82) is 0 Å². The van der Waals surface area contributed by atoms with Crippen LogP contribution in [0.25, 0.3) is 0 Å². The number of nitrogens with zero attached hydrogens (tertiary/aromatic N) is 1. The normalized spacial score (nSPS) is 13.5. The molecule has 2 unspecified atom stereocenters. The second kappa shape index (κ2) is 20.6. The van der Waals surface area contributed by atoms with Gasteiger partial charge in [-0.05, 0) is 25.7 Å². The molecule has 0 aromatic carbocycles. The van der Waals surface area contributed by atoms with Crippen molar-refractivity contribution in [1.82, 2.24) is 0 Å². The SMILES string of the molecule is CCCCCCCCC(O)C(O)CCCCCCCC(=O)[O-].C[N+](C)(C)CCO. The summed E-state index contributed by atoms with van der Waals surface area (Å²) >= 11 is 0. The first-order valence-corrected chi connectivity index (χ1v) is 11.6. The van der Waals surface area contributed by atoms with E-state index in [1.54, 1.807) is 0 Å². The fourth-order valence-electron chi connectivity index (χ4n) is 2.97. The van der Waals surface area contributed by atoms with Crippen LogP contribution in [-0.2, 0) is 4.79 Å². The van der Waals surface area contributed by atoms with E-state index in [-0.39, 0.29) is 13.0 Å². The van der Waals surface area contributed by atoms with Crippen LogP contribution in [-0.4, -0.2) is 72.3 Å². The number of carboxylic acids is 1. The molecule has 0 amide bonds. The number of hydrogen-bond donors (Lipinski definition) is 3. The molecule has 0 aliphatic rings. The topological polar surface area (TPSA) is 101 Å². The van der Waals surface area contributed by atoms with Gasteiger partial charge in [0.2, 0.25) is 0 Å². The summed E-state index contributed by atoms with van der Waals surface area (Å²) in [4.78, 5) is 10.2. The van der Waals surface area contributed by atoms with Gasteiger partial charge in [0.1, 0.15) is 6.54 Å². The summed E-state index contributed by atoms with van der Waals surface area (Å²) in [5.41, 5.74) is 0. The number of aliphatic hydroxyl groups excluding tert-OH is 3. The van der Waals surface area contributed by atoms with Crippen LogP contribution < -0.4 is 5.11 Å². The van der Waals surface area contributed by atoms with Crippen LogP contribution in [0.15, 0.2) is 0 Å². The molecule has 0 bridgehead atoms.